The van der Waals surface area contributed by atoms with Gasteiger partial charge in [0.15, 0.2) is 0 Å². The van der Waals surface area contributed by atoms with Crippen molar-refractivity contribution in [2.75, 3.05) is 0 Å². The number of allylic oxidation sites excluding steroid dienone is 2. The maximum atomic E-state index is 2.26. The molecule has 0 aromatic rings. The average Bonchev–Trinajstić information content (AvgIpc) is 1.61. The second-order valence-corrected chi connectivity index (χ2v) is 2.07. The molecule has 0 rings (SSSR count). The largest absolute Gasteiger partial charge is 0.344 e. The summed E-state index contributed by atoms with van der Waals surface area (Å²) in [6.07, 6.45) is 4.77. The highest BCUT2D eigenvalue weighted by molar-refractivity contribution is 4.92. The molecule has 0 unspecified atom stereocenters. The van der Waals surface area contributed by atoms with Crippen LogP contribution in [0.15, 0.2) is 11.6 Å². The van der Waals surface area contributed by atoms with Crippen LogP contribution in [0.5, 0.6) is 0 Å². The second kappa shape index (κ2) is 6.70. The molecule has 0 aromatic heterocycles. The molecule has 0 saturated carbocycles. The Hall–Kier alpha value is -0.300. The van der Waals surface area contributed by atoms with Crippen LogP contribution in [-0.4, -0.2) is 0 Å². The molecular formula is C7H17N. The number of rotatable bonds is 2. The zero-order valence-corrected chi connectivity index (χ0v) is 6.20. The quantitative estimate of drug-likeness (QED) is 0.552. The fourth-order valence-corrected chi connectivity index (χ4v) is 0.433. The van der Waals surface area contributed by atoms with E-state index in [2.05, 4.69) is 26.8 Å². The van der Waals surface area contributed by atoms with E-state index in [1.54, 1.807) is 0 Å². The minimum absolute atomic E-state index is 0. The summed E-state index contributed by atoms with van der Waals surface area (Å²) in [6, 6.07) is 0. The summed E-state index contributed by atoms with van der Waals surface area (Å²) < 4.78 is 0. The molecule has 0 amide bonds. The number of hydrogen-bond acceptors (Lipinski definition) is 1. The van der Waals surface area contributed by atoms with Crippen LogP contribution < -0.4 is 6.15 Å². The Kier molecular flexibility index (Phi) is 8.91. The average molecular weight is 115 g/mol. The molecule has 0 aromatic carbocycles. The normalized spacial score (nSPS) is 7.38. The van der Waals surface area contributed by atoms with Crippen molar-refractivity contribution in [3.63, 3.8) is 0 Å². The fourth-order valence-electron chi connectivity index (χ4n) is 0.433. The molecular weight excluding hydrogens is 98.1 g/mol. The van der Waals surface area contributed by atoms with E-state index in [0.717, 1.165) is 0 Å². The fraction of sp³-hybridized carbons (Fsp3) is 0.714. The maximum absolute atomic E-state index is 2.26. The molecule has 0 bridgehead atoms. The van der Waals surface area contributed by atoms with Gasteiger partial charge in [-0.15, -0.1) is 0 Å². The van der Waals surface area contributed by atoms with E-state index in [1.807, 2.05) is 0 Å². The molecule has 3 N–H and O–H groups in total. The van der Waals surface area contributed by atoms with Crippen LogP contribution in [0, 0.1) is 0 Å². The van der Waals surface area contributed by atoms with Gasteiger partial charge in [0.1, 0.15) is 0 Å². The van der Waals surface area contributed by atoms with Crippen LogP contribution in [-0.2, 0) is 0 Å². The van der Waals surface area contributed by atoms with Crippen molar-refractivity contribution >= 4 is 0 Å². The zero-order chi connectivity index (χ0) is 5.70. The van der Waals surface area contributed by atoms with Crippen molar-refractivity contribution in [3.8, 4) is 0 Å². The van der Waals surface area contributed by atoms with Crippen molar-refractivity contribution in [2.24, 2.45) is 0 Å². The summed E-state index contributed by atoms with van der Waals surface area (Å²) in [5, 5.41) is 0. The van der Waals surface area contributed by atoms with E-state index in [1.165, 1.54) is 18.4 Å². The molecule has 0 aliphatic heterocycles. The first-order chi connectivity index (χ1) is 3.27. The topological polar surface area (TPSA) is 35.0 Å². The summed E-state index contributed by atoms with van der Waals surface area (Å²) >= 11 is 0. The lowest BCUT2D eigenvalue weighted by Crippen LogP contribution is -1.64. The van der Waals surface area contributed by atoms with Gasteiger partial charge in [0, 0.05) is 0 Å². The Labute approximate surface area is 52.4 Å². The van der Waals surface area contributed by atoms with E-state index in [-0.39, 0.29) is 6.15 Å². The Bertz CT molecular complexity index is 60.8. The van der Waals surface area contributed by atoms with Crippen molar-refractivity contribution in [3.05, 3.63) is 11.6 Å². The molecule has 0 heterocycles. The van der Waals surface area contributed by atoms with Gasteiger partial charge in [-0.2, -0.15) is 0 Å². The van der Waals surface area contributed by atoms with E-state index < -0.39 is 0 Å². The Balaban J connectivity index is 0. The Morgan fingerprint density at radius 2 is 1.88 bits per heavy atom. The number of hydrogen-bond donors (Lipinski definition) is 1. The van der Waals surface area contributed by atoms with E-state index in [4.69, 9.17) is 0 Å². The van der Waals surface area contributed by atoms with Crippen molar-refractivity contribution < 1.29 is 0 Å². The molecule has 0 radical (unpaired) electrons. The first-order valence-corrected chi connectivity index (χ1v) is 2.90. The molecule has 0 saturated heterocycles. The van der Waals surface area contributed by atoms with Gasteiger partial charge in [-0.1, -0.05) is 25.0 Å². The van der Waals surface area contributed by atoms with Gasteiger partial charge in [-0.3, -0.25) is 0 Å². The molecule has 0 spiro atoms. The summed E-state index contributed by atoms with van der Waals surface area (Å²) in [7, 11) is 0. The zero-order valence-electron chi connectivity index (χ0n) is 6.20. The highest BCUT2D eigenvalue weighted by Crippen LogP contribution is 1.94. The van der Waals surface area contributed by atoms with Crippen molar-refractivity contribution in [1.82, 2.24) is 6.15 Å². The summed E-state index contributed by atoms with van der Waals surface area (Å²) in [5.74, 6) is 0. The minimum Gasteiger partial charge on any atom is -0.344 e. The Morgan fingerprint density at radius 1 is 1.38 bits per heavy atom. The third kappa shape index (κ3) is 9.20. The monoisotopic (exact) mass is 115 g/mol. The lowest BCUT2D eigenvalue weighted by molar-refractivity contribution is 0.948. The van der Waals surface area contributed by atoms with Crippen LogP contribution in [0.25, 0.3) is 0 Å². The van der Waals surface area contributed by atoms with Gasteiger partial charge in [0.05, 0.1) is 0 Å². The summed E-state index contributed by atoms with van der Waals surface area (Å²) in [4.78, 5) is 0. The molecule has 1 nitrogen and oxygen atoms in total. The predicted octanol–water partition coefficient (Wildman–Crippen LogP) is 2.91. The third-order valence-electron chi connectivity index (χ3n) is 0.841. The molecule has 0 fully saturated rings. The van der Waals surface area contributed by atoms with Gasteiger partial charge in [0.2, 0.25) is 0 Å². The van der Waals surface area contributed by atoms with Crippen molar-refractivity contribution in [1.29, 1.82) is 0 Å². The standard InChI is InChI=1S/C7H14.H3N/c1-4-5-6-7(2)3;/h6H,4-5H2,1-3H3;1H3. The van der Waals surface area contributed by atoms with E-state index in [0.29, 0.717) is 0 Å². The van der Waals surface area contributed by atoms with Crippen molar-refractivity contribution in [2.45, 2.75) is 33.6 Å². The van der Waals surface area contributed by atoms with Gasteiger partial charge in [0.25, 0.3) is 0 Å². The smallest absolute Gasteiger partial charge is 0.0351 e. The van der Waals surface area contributed by atoms with Crippen LogP contribution in [0.1, 0.15) is 33.6 Å². The molecule has 0 aliphatic carbocycles. The summed E-state index contributed by atoms with van der Waals surface area (Å²) in [6.45, 7) is 6.46. The highest BCUT2D eigenvalue weighted by Gasteiger charge is 1.73. The third-order valence-corrected chi connectivity index (χ3v) is 0.841. The lowest BCUT2D eigenvalue weighted by Gasteiger charge is -1.85. The first-order valence-electron chi connectivity index (χ1n) is 2.90. The second-order valence-electron chi connectivity index (χ2n) is 2.07. The van der Waals surface area contributed by atoms with Crippen LogP contribution in [0.4, 0.5) is 0 Å². The summed E-state index contributed by atoms with van der Waals surface area (Å²) in [5.41, 5.74) is 1.43. The van der Waals surface area contributed by atoms with Gasteiger partial charge in [-0.05, 0) is 20.3 Å². The van der Waals surface area contributed by atoms with Crippen LogP contribution >= 0.6 is 0 Å². The molecule has 8 heavy (non-hydrogen) atoms. The molecule has 0 aliphatic rings. The first kappa shape index (κ1) is 10.6. The van der Waals surface area contributed by atoms with Gasteiger partial charge < -0.3 is 6.15 Å². The predicted molar refractivity (Wildman–Crippen MR) is 39.4 cm³/mol. The van der Waals surface area contributed by atoms with Gasteiger partial charge >= 0.3 is 0 Å². The lowest BCUT2D eigenvalue weighted by atomic mass is 10.2. The van der Waals surface area contributed by atoms with E-state index >= 15 is 0 Å². The highest BCUT2D eigenvalue weighted by atomic mass is 14.0. The van der Waals surface area contributed by atoms with Crippen LogP contribution in [0.3, 0.4) is 0 Å². The van der Waals surface area contributed by atoms with Crippen LogP contribution in [0.2, 0.25) is 0 Å². The van der Waals surface area contributed by atoms with Gasteiger partial charge in [-0.25, -0.2) is 0 Å². The molecule has 1 heteroatoms. The Morgan fingerprint density at radius 3 is 2.00 bits per heavy atom. The molecule has 50 valence electrons. The SMILES string of the molecule is CCCC=C(C)C.N. The number of unbranched alkanes of at least 4 members (excludes halogenated alkanes) is 1. The van der Waals surface area contributed by atoms with E-state index in [9.17, 15) is 0 Å². The maximum Gasteiger partial charge on any atom is -0.0351 e. The molecule has 0 atom stereocenters. The minimum atomic E-state index is 0.